The predicted octanol–water partition coefficient (Wildman–Crippen LogP) is 1.87. The standard InChI is InChI=1S/C11H17NO2S2/c13-6-2-1-5-12-11(14)9-15-8-10-4-3-7-16-10/h3-4,7,13H,1-2,5-6,8-9H2,(H,12,14). The third kappa shape index (κ3) is 6.15. The fourth-order valence-corrected chi connectivity index (χ4v) is 2.85. The van der Waals surface area contributed by atoms with Crippen LogP contribution >= 0.6 is 23.1 Å². The number of nitrogens with one attached hydrogen (secondary N) is 1. The zero-order valence-electron chi connectivity index (χ0n) is 9.15. The van der Waals surface area contributed by atoms with Gasteiger partial charge in [0.1, 0.15) is 0 Å². The minimum Gasteiger partial charge on any atom is -0.396 e. The van der Waals surface area contributed by atoms with Gasteiger partial charge in [-0.15, -0.1) is 23.1 Å². The second-order valence-electron chi connectivity index (χ2n) is 3.35. The van der Waals surface area contributed by atoms with Crippen LogP contribution in [0.2, 0.25) is 0 Å². The molecule has 90 valence electrons. The number of aliphatic hydroxyl groups is 1. The molecule has 1 aromatic rings. The first-order chi connectivity index (χ1) is 7.83. The SMILES string of the molecule is O=C(CSCc1cccs1)NCCCCO. The van der Waals surface area contributed by atoms with E-state index < -0.39 is 0 Å². The molecule has 0 aromatic carbocycles. The molecule has 0 aliphatic heterocycles. The zero-order chi connectivity index (χ0) is 11.6. The Morgan fingerprint density at radius 2 is 2.38 bits per heavy atom. The number of thiophene rings is 1. The van der Waals surface area contributed by atoms with Crippen LogP contribution in [0.4, 0.5) is 0 Å². The maximum atomic E-state index is 11.3. The highest BCUT2D eigenvalue weighted by Gasteiger charge is 2.01. The van der Waals surface area contributed by atoms with E-state index in [0.717, 1.165) is 18.6 Å². The van der Waals surface area contributed by atoms with E-state index in [1.807, 2.05) is 11.4 Å². The Balaban J connectivity index is 1.98. The monoisotopic (exact) mass is 259 g/mol. The minimum atomic E-state index is 0.0829. The first-order valence-electron chi connectivity index (χ1n) is 5.30. The normalized spacial score (nSPS) is 10.3. The highest BCUT2D eigenvalue weighted by Crippen LogP contribution is 2.16. The van der Waals surface area contributed by atoms with Gasteiger partial charge in [-0.05, 0) is 24.3 Å². The number of carbonyl (C=O) groups is 1. The van der Waals surface area contributed by atoms with Crippen molar-refractivity contribution in [1.29, 1.82) is 0 Å². The number of thioether (sulfide) groups is 1. The second-order valence-corrected chi connectivity index (χ2v) is 5.37. The third-order valence-electron chi connectivity index (χ3n) is 1.96. The molecule has 5 heteroatoms. The average molecular weight is 259 g/mol. The van der Waals surface area contributed by atoms with Crippen LogP contribution < -0.4 is 5.32 Å². The van der Waals surface area contributed by atoms with Crippen LogP contribution in [0.3, 0.4) is 0 Å². The van der Waals surface area contributed by atoms with Gasteiger partial charge in [0.25, 0.3) is 0 Å². The lowest BCUT2D eigenvalue weighted by atomic mass is 10.3. The van der Waals surface area contributed by atoms with E-state index in [9.17, 15) is 4.79 Å². The largest absolute Gasteiger partial charge is 0.396 e. The van der Waals surface area contributed by atoms with E-state index in [1.54, 1.807) is 23.1 Å². The molecule has 1 rings (SSSR count). The first-order valence-corrected chi connectivity index (χ1v) is 7.34. The van der Waals surface area contributed by atoms with E-state index in [-0.39, 0.29) is 12.5 Å². The van der Waals surface area contributed by atoms with Gasteiger partial charge in [0.05, 0.1) is 5.75 Å². The van der Waals surface area contributed by atoms with Crippen molar-refractivity contribution in [2.24, 2.45) is 0 Å². The highest BCUT2D eigenvalue weighted by atomic mass is 32.2. The van der Waals surface area contributed by atoms with Gasteiger partial charge in [-0.25, -0.2) is 0 Å². The summed E-state index contributed by atoms with van der Waals surface area (Å²) in [6, 6.07) is 4.10. The molecule has 3 nitrogen and oxygen atoms in total. The molecule has 0 atom stereocenters. The predicted molar refractivity (Wildman–Crippen MR) is 69.8 cm³/mol. The Hall–Kier alpha value is -0.520. The van der Waals surface area contributed by atoms with Gasteiger partial charge in [0.2, 0.25) is 5.91 Å². The van der Waals surface area contributed by atoms with Crippen LogP contribution in [0.5, 0.6) is 0 Å². The van der Waals surface area contributed by atoms with Crippen LogP contribution in [-0.4, -0.2) is 29.9 Å². The molecular formula is C11H17NO2S2. The van der Waals surface area contributed by atoms with E-state index in [0.29, 0.717) is 12.3 Å². The Labute approximate surface area is 104 Å². The third-order valence-corrected chi connectivity index (χ3v) is 4.01. The average Bonchev–Trinajstić information content (AvgIpc) is 2.77. The van der Waals surface area contributed by atoms with Crippen molar-refractivity contribution >= 4 is 29.0 Å². The molecule has 0 saturated carbocycles. The van der Waals surface area contributed by atoms with Crippen LogP contribution in [0.25, 0.3) is 0 Å². The minimum absolute atomic E-state index is 0.0829. The van der Waals surface area contributed by atoms with Crippen LogP contribution in [0.15, 0.2) is 17.5 Å². The van der Waals surface area contributed by atoms with Crippen molar-refractivity contribution < 1.29 is 9.90 Å². The van der Waals surface area contributed by atoms with Gasteiger partial charge in [-0.3, -0.25) is 4.79 Å². The first kappa shape index (κ1) is 13.5. The van der Waals surface area contributed by atoms with Crippen molar-refractivity contribution in [3.8, 4) is 0 Å². The fraction of sp³-hybridized carbons (Fsp3) is 0.545. The van der Waals surface area contributed by atoms with Crippen molar-refractivity contribution in [2.75, 3.05) is 18.9 Å². The molecule has 0 bridgehead atoms. The number of hydrogen-bond donors (Lipinski definition) is 2. The molecule has 0 aliphatic rings. The Morgan fingerprint density at radius 3 is 3.06 bits per heavy atom. The van der Waals surface area contributed by atoms with E-state index in [1.165, 1.54) is 4.88 Å². The lowest BCUT2D eigenvalue weighted by molar-refractivity contribution is -0.118. The lowest BCUT2D eigenvalue weighted by Gasteiger charge is -2.03. The Kier molecular flexibility index (Phi) is 7.29. The van der Waals surface area contributed by atoms with Crippen LogP contribution in [-0.2, 0) is 10.5 Å². The van der Waals surface area contributed by atoms with Gasteiger partial charge in [-0.1, -0.05) is 6.07 Å². The molecule has 0 saturated heterocycles. The molecular weight excluding hydrogens is 242 g/mol. The van der Waals surface area contributed by atoms with Crippen molar-refractivity contribution in [3.05, 3.63) is 22.4 Å². The summed E-state index contributed by atoms with van der Waals surface area (Å²) < 4.78 is 0. The molecule has 1 aromatic heterocycles. The Morgan fingerprint density at radius 1 is 1.50 bits per heavy atom. The zero-order valence-corrected chi connectivity index (χ0v) is 10.8. The van der Waals surface area contributed by atoms with Gasteiger partial charge in [0, 0.05) is 23.8 Å². The summed E-state index contributed by atoms with van der Waals surface area (Å²) in [6.07, 6.45) is 1.60. The molecule has 0 unspecified atom stereocenters. The van der Waals surface area contributed by atoms with Crippen LogP contribution in [0.1, 0.15) is 17.7 Å². The molecule has 1 heterocycles. The molecule has 1 amide bonds. The maximum absolute atomic E-state index is 11.3. The van der Waals surface area contributed by atoms with Gasteiger partial charge in [0.15, 0.2) is 0 Å². The molecule has 0 fully saturated rings. The number of hydrogen-bond acceptors (Lipinski definition) is 4. The summed E-state index contributed by atoms with van der Waals surface area (Å²) in [5.41, 5.74) is 0. The van der Waals surface area contributed by atoms with E-state index in [4.69, 9.17) is 5.11 Å². The number of unbranched alkanes of at least 4 members (excludes halogenated alkanes) is 1. The fourth-order valence-electron chi connectivity index (χ4n) is 1.15. The molecule has 0 spiro atoms. The second kappa shape index (κ2) is 8.61. The van der Waals surface area contributed by atoms with E-state index in [2.05, 4.69) is 11.4 Å². The number of carbonyl (C=O) groups excluding carboxylic acids is 1. The molecule has 0 radical (unpaired) electrons. The lowest BCUT2D eigenvalue weighted by Crippen LogP contribution is -2.26. The van der Waals surface area contributed by atoms with Gasteiger partial charge >= 0.3 is 0 Å². The summed E-state index contributed by atoms with van der Waals surface area (Å²) in [4.78, 5) is 12.6. The van der Waals surface area contributed by atoms with Crippen molar-refractivity contribution in [3.63, 3.8) is 0 Å². The topological polar surface area (TPSA) is 49.3 Å². The highest BCUT2D eigenvalue weighted by molar-refractivity contribution is 7.99. The Bertz CT molecular complexity index is 288. The summed E-state index contributed by atoms with van der Waals surface area (Å²) in [7, 11) is 0. The summed E-state index contributed by atoms with van der Waals surface area (Å²) in [5.74, 6) is 1.50. The van der Waals surface area contributed by atoms with Crippen molar-refractivity contribution in [2.45, 2.75) is 18.6 Å². The van der Waals surface area contributed by atoms with Crippen LogP contribution in [0, 0.1) is 0 Å². The smallest absolute Gasteiger partial charge is 0.230 e. The number of amides is 1. The molecule has 16 heavy (non-hydrogen) atoms. The molecule has 2 N–H and O–H groups in total. The quantitative estimate of drug-likeness (QED) is 0.701. The van der Waals surface area contributed by atoms with Gasteiger partial charge < -0.3 is 10.4 Å². The summed E-state index contributed by atoms with van der Waals surface area (Å²) in [6.45, 7) is 0.863. The van der Waals surface area contributed by atoms with E-state index >= 15 is 0 Å². The summed E-state index contributed by atoms with van der Waals surface area (Å²) in [5, 5.41) is 13.4. The number of aliphatic hydroxyl groups excluding tert-OH is 1. The van der Waals surface area contributed by atoms with Gasteiger partial charge in [-0.2, -0.15) is 0 Å². The number of rotatable bonds is 8. The maximum Gasteiger partial charge on any atom is 0.230 e. The molecule has 0 aliphatic carbocycles. The summed E-state index contributed by atoms with van der Waals surface area (Å²) >= 11 is 3.35. The van der Waals surface area contributed by atoms with Crippen molar-refractivity contribution in [1.82, 2.24) is 5.32 Å².